The van der Waals surface area contributed by atoms with E-state index in [1.165, 1.54) is 5.57 Å². The van der Waals surface area contributed by atoms with Crippen molar-refractivity contribution in [3.63, 3.8) is 0 Å². The minimum absolute atomic E-state index is 0.264. The third-order valence-electron chi connectivity index (χ3n) is 2.50. The van der Waals surface area contributed by atoms with Gasteiger partial charge in [0.2, 0.25) is 0 Å². The fraction of sp³-hybridized carbons (Fsp3) is 0.667. The van der Waals surface area contributed by atoms with E-state index >= 15 is 0 Å². The predicted octanol–water partition coefficient (Wildman–Crippen LogP) is 1.57. The van der Waals surface area contributed by atoms with Crippen molar-refractivity contribution < 1.29 is 4.79 Å². The quantitative estimate of drug-likeness (QED) is 0.533. The van der Waals surface area contributed by atoms with E-state index in [-0.39, 0.29) is 5.54 Å². The molecule has 0 spiro atoms. The molecule has 1 atom stereocenters. The van der Waals surface area contributed by atoms with Crippen LogP contribution in [0.4, 0.5) is 0 Å². The molecule has 0 bridgehead atoms. The Morgan fingerprint density at radius 1 is 1.73 bits per heavy atom. The van der Waals surface area contributed by atoms with Crippen LogP contribution in [0.25, 0.3) is 0 Å². The average Bonchev–Trinajstić information content (AvgIpc) is 1.98. The highest BCUT2D eigenvalue weighted by atomic mass is 16.1. The smallest absolute Gasteiger partial charge is 0.145 e. The SMILES string of the molecule is CC1=CN(C)C(C)(C=O)CC1. The molecular formula is C9H15NO. The molecule has 0 aliphatic carbocycles. The van der Waals surface area contributed by atoms with Crippen molar-refractivity contribution in [2.24, 2.45) is 0 Å². The first-order chi connectivity index (χ1) is 5.08. The van der Waals surface area contributed by atoms with Crippen LogP contribution in [0.3, 0.4) is 0 Å². The van der Waals surface area contributed by atoms with Gasteiger partial charge in [0.05, 0.1) is 5.54 Å². The van der Waals surface area contributed by atoms with Crippen molar-refractivity contribution in [1.82, 2.24) is 4.90 Å². The number of hydrogen-bond acceptors (Lipinski definition) is 2. The first-order valence-electron chi connectivity index (χ1n) is 3.95. The van der Waals surface area contributed by atoms with Crippen molar-refractivity contribution in [2.75, 3.05) is 7.05 Å². The largest absolute Gasteiger partial charge is 0.368 e. The molecule has 1 unspecified atom stereocenters. The van der Waals surface area contributed by atoms with Gasteiger partial charge in [0.15, 0.2) is 0 Å². The van der Waals surface area contributed by atoms with Crippen LogP contribution in [0.5, 0.6) is 0 Å². The Bertz CT molecular complexity index is 198. The lowest BCUT2D eigenvalue weighted by Crippen LogP contribution is -2.44. The van der Waals surface area contributed by atoms with Gasteiger partial charge in [-0.2, -0.15) is 0 Å². The average molecular weight is 153 g/mol. The summed E-state index contributed by atoms with van der Waals surface area (Å²) in [7, 11) is 1.96. The summed E-state index contributed by atoms with van der Waals surface area (Å²) in [5.41, 5.74) is 1.09. The summed E-state index contributed by atoms with van der Waals surface area (Å²) in [6.45, 7) is 4.07. The molecule has 0 aromatic carbocycles. The molecule has 1 heterocycles. The number of carbonyl (C=O) groups is 1. The Balaban J connectivity index is 2.82. The summed E-state index contributed by atoms with van der Waals surface area (Å²) in [6.07, 6.45) is 5.07. The third-order valence-corrected chi connectivity index (χ3v) is 2.50. The fourth-order valence-electron chi connectivity index (χ4n) is 1.31. The molecule has 1 aliphatic rings. The Hall–Kier alpha value is -0.790. The second-order valence-corrected chi connectivity index (χ2v) is 3.56. The van der Waals surface area contributed by atoms with Gasteiger partial charge in [0.1, 0.15) is 6.29 Å². The van der Waals surface area contributed by atoms with Gasteiger partial charge >= 0.3 is 0 Å². The van der Waals surface area contributed by atoms with E-state index in [9.17, 15) is 4.79 Å². The summed E-state index contributed by atoms with van der Waals surface area (Å²) in [4.78, 5) is 12.7. The summed E-state index contributed by atoms with van der Waals surface area (Å²) in [5.74, 6) is 0. The minimum atomic E-state index is -0.264. The lowest BCUT2D eigenvalue weighted by atomic mass is 9.90. The Morgan fingerprint density at radius 3 is 2.82 bits per heavy atom. The van der Waals surface area contributed by atoms with Gasteiger partial charge in [-0.1, -0.05) is 5.57 Å². The molecule has 0 amide bonds. The van der Waals surface area contributed by atoms with Gasteiger partial charge in [0.25, 0.3) is 0 Å². The minimum Gasteiger partial charge on any atom is -0.368 e. The number of hydrogen-bond donors (Lipinski definition) is 0. The van der Waals surface area contributed by atoms with E-state index in [1.54, 1.807) is 0 Å². The van der Waals surface area contributed by atoms with Gasteiger partial charge in [-0.05, 0) is 32.9 Å². The molecule has 62 valence electrons. The van der Waals surface area contributed by atoms with Crippen LogP contribution in [0.1, 0.15) is 26.7 Å². The molecule has 2 heteroatoms. The van der Waals surface area contributed by atoms with E-state index in [2.05, 4.69) is 13.1 Å². The van der Waals surface area contributed by atoms with Crippen LogP contribution in [-0.4, -0.2) is 23.8 Å². The summed E-state index contributed by atoms with van der Waals surface area (Å²) in [5, 5.41) is 0. The Labute approximate surface area is 67.9 Å². The number of allylic oxidation sites excluding steroid dienone is 1. The number of rotatable bonds is 1. The van der Waals surface area contributed by atoms with Crippen LogP contribution in [0.15, 0.2) is 11.8 Å². The lowest BCUT2D eigenvalue weighted by Gasteiger charge is -2.37. The van der Waals surface area contributed by atoms with Gasteiger partial charge < -0.3 is 9.69 Å². The molecule has 1 aliphatic heterocycles. The number of carbonyl (C=O) groups excluding carboxylic acids is 1. The standard InChI is InChI=1S/C9H15NO/c1-8-4-5-9(2,7-11)10(3)6-8/h6-7H,4-5H2,1-3H3. The molecule has 0 saturated carbocycles. The van der Waals surface area contributed by atoms with Crippen LogP contribution < -0.4 is 0 Å². The molecule has 0 saturated heterocycles. The third kappa shape index (κ3) is 1.44. The number of nitrogens with zero attached hydrogens (tertiary/aromatic N) is 1. The molecule has 0 aromatic rings. The molecule has 1 rings (SSSR count). The van der Waals surface area contributed by atoms with Crippen LogP contribution in [-0.2, 0) is 4.79 Å². The summed E-state index contributed by atoms with van der Waals surface area (Å²) < 4.78 is 0. The second kappa shape index (κ2) is 2.68. The Kier molecular flexibility index (Phi) is 2.03. The molecule has 11 heavy (non-hydrogen) atoms. The van der Waals surface area contributed by atoms with E-state index < -0.39 is 0 Å². The normalized spacial score (nSPS) is 31.5. The fourth-order valence-corrected chi connectivity index (χ4v) is 1.31. The lowest BCUT2D eigenvalue weighted by molar-refractivity contribution is -0.116. The molecule has 0 aromatic heterocycles. The van der Waals surface area contributed by atoms with Crippen LogP contribution >= 0.6 is 0 Å². The first kappa shape index (κ1) is 8.31. The maximum Gasteiger partial charge on any atom is 0.145 e. The van der Waals surface area contributed by atoms with E-state index in [0.29, 0.717) is 0 Å². The van der Waals surface area contributed by atoms with Gasteiger partial charge in [-0.15, -0.1) is 0 Å². The zero-order valence-electron chi connectivity index (χ0n) is 7.42. The number of likely N-dealkylation sites (N-methyl/N-ethyl adjacent to an activating group) is 1. The van der Waals surface area contributed by atoms with Crippen molar-refractivity contribution >= 4 is 6.29 Å². The van der Waals surface area contributed by atoms with E-state index in [1.807, 2.05) is 18.9 Å². The molecular weight excluding hydrogens is 138 g/mol. The maximum absolute atomic E-state index is 10.7. The molecule has 2 nitrogen and oxygen atoms in total. The first-order valence-corrected chi connectivity index (χ1v) is 3.95. The van der Waals surface area contributed by atoms with Gasteiger partial charge in [0, 0.05) is 7.05 Å². The molecule has 0 N–H and O–H groups in total. The highest BCUT2D eigenvalue weighted by Gasteiger charge is 2.29. The van der Waals surface area contributed by atoms with E-state index in [4.69, 9.17) is 0 Å². The van der Waals surface area contributed by atoms with Crippen molar-refractivity contribution in [3.8, 4) is 0 Å². The monoisotopic (exact) mass is 153 g/mol. The topological polar surface area (TPSA) is 20.3 Å². The van der Waals surface area contributed by atoms with Crippen LogP contribution in [0, 0.1) is 0 Å². The highest BCUT2D eigenvalue weighted by Crippen LogP contribution is 2.26. The van der Waals surface area contributed by atoms with Crippen LogP contribution in [0.2, 0.25) is 0 Å². The van der Waals surface area contributed by atoms with Gasteiger partial charge in [-0.25, -0.2) is 0 Å². The van der Waals surface area contributed by atoms with Crippen molar-refractivity contribution in [2.45, 2.75) is 32.2 Å². The van der Waals surface area contributed by atoms with E-state index in [0.717, 1.165) is 19.1 Å². The Morgan fingerprint density at radius 2 is 2.36 bits per heavy atom. The summed E-state index contributed by atoms with van der Waals surface area (Å²) in [6, 6.07) is 0. The van der Waals surface area contributed by atoms with Crippen molar-refractivity contribution in [3.05, 3.63) is 11.8 Å². The number of aldehydes is 1. The molecule has 0 fully saturated rings. The second-order valence-electron chi connectivity index (χ2n) is 3.56. The highest BCUT2D eigenvalue weighted by molar-refractivity contribution is 5.64. The molecule has 0 radical (unpaired) electrons. The zero-order valence-corrected chi connectivity index (χ0v) is 7.42. The zero-order chi connectivity index (χ0) is 8.48. The maximum atomic E-state index is 10.7. The summed E-state index contributed by atoms with van der Waals surface area (Å²) >= 11 is 0. The van der Waals surface area contributed by atoms with Gasteiger partial charge in [-0.3, -0.25) is 0 Å². The van der Waals surface area contributed by atoms with Crippen molar-refractivity contribution in [1.29, 1.82) is 0 Å². The predicted molar refractivity (Wildman–Crippen MR) is 45.2 cm³/mol.